The fourth-order valence-electron chi connectivity index (χ4n) is 1.85. The first-order valence-electron chi connectivity index (χ1n) is 4.31. The standard InChI is InChI=1S/C9H12O3/c10-7-5-6-3-1-2-4-8(6)12-9(7)11/h1-2,6-8,10H,3-5H2. The maximum absolute atomic E-state index is 11.0. The molecule has 1 N–H and O–H groups in total. The first-order chi connectivity index (χ1) is 5.77. The van der Waals surface area contributed by atoms with Crippen LogP contribution >= 0.6 is 0 Å². The number of hydrogen-bond donors (Lipinski definition) is 1. The van der Waals surface area contributed by atoms with E-state index in [4.69, 9.17) is 4.74 Å². The molecule has 0 amide bonds. The van der Waals surface area contributed by atoms with Gasteiger partial charge in [0, 0.05) is 12.3 Å². The Bertz CT molecular complexity index is 222. The first-order valence-corrected chi connectivity index (χ1v) is 4.31. The highest BCUT2D eigenvalue weighted by atomic mass is 16.6. The van der Waals surface area contributed by atoms with Gasteiger partial charge in [0.2, 0.25) is 0 Å². The smallest absolute Gasteiger partial charge is 0.335 e. The Morgan fingerprint density at radius 3 is 3.00 bits per heavy atom. The molecular weight excluding hydrogens is 156 g/mol. The average Bonchev–Trinajstić information content (AvgIpc) is 2.07. The minimum atomic E-state index is -0.891. The summed E-state index contributed by atoms with van der Waals surface area (Å²) in [7, 11) is 0. The number of fused-ring (bicyclic) bond motifs is 1. The lowest BCUT2D eigenvalue weighted by atomic mass is 9.85. The Labute approximate surface area is 71.0 Å². The van der Waals surface area contributed by atoms with Crippen LogP contribution in [0.3, 0.4) is 0 Å². The third-order valence-electron chi connectivity index (χ3n) is 2.57. The van der Waals surface area contributed by atoms with Gasteiger partial charge in [-0.1, -0.05) is 12.2 Å². The summed E-state index contributed by atoms with van der Waals surface area (Å²) in [4.78, 5) is 11.0. The van der Waals surface area contributed by atoms with E-state index in [0.29, 0.717) is 12.3 Å². The van der Waals surface area contributed by atoms with Gasteiger partial charge in [0.25, 0.3) is 0 Å². The van der Waals surface area contributed by atoms with E-state index in [9.17, 15) is 9.90 Å². The molecule has 0 aromatic heterocycles. The van der Waals surface area contributed by atoms with Crippen molar-refractivity contribution in [1.29, 1.82) is 0 Å². The van der Waals surface area contributed by atoms with Crippen molar-refractivity contribution in [2.75, 3.05) is 0 Å². The van der Waals surface area contributed by atoms with Crippen molar-refractivity contribution in [3.63, 3.8) is 0 Å². The molecule has 0 aromatic rings. The van der Waals surface area contributed by atoms with E-state index in [2.05, 4.69) is 6.08 Å². The molecule has 3 nitrogen and oxygen atoms in total. The Morgan fingerprint density at radius 2 is 2.17 bits per heavy atom. The predicted molar refractivity (Wildman–Crippen MR) is 42.4 cm³/mol. The molecule has 1 aliphatic heterocycles. The molecule has 12 heavy (non-hydrogen) atoms. The number of aliphatic hydroxyl groups excluding tert-OH is 1. The number of rotatable bonds is 0. The van der Waals surface area contributed by atoms with Gasteiger partial charge in [0.15, 0.2) is 6.10 Å². The summed E-state index contributed by atoms with van der Waals surface area (Å²) < 4.78 is 5.06. The van der Waals surface area contributed by atoms with Gasteiger partial charge in [0.05, 0.1) is 0 Å². The summed E-state index contributed by atoms with van der Waals surface area (Å²) in [5.74, 6) is -0.116. The Balaban J connectivity index is 2.09. The van der Waals surface area contributed by atoms with Crippen LogP contribution in [0.2, 0.25) is 0 Å². The summed E-state index contributed by atoms with van der Waals surface area (Å²) in [6, 6.07) is 0. The Hall–Kier alpha value is -0.830. The second-order valence-corrected chi connectivity index (χ2v) is 3.43. The molecule has 1 fully saturated rings. The maximum atomic E-state index is 11.0. The van der Waals surface area contributed by atoms with Gasteiger partial charge in [0.1, 0.15) is 6.10 Å². The average molecular weight is 168 g/mol. The molecule has 0 bridgehead atoms. The summed E-state index contributed by atoms with van der Waals surface area (Å²) in [5.41, 5.74) is 0. The molecule has 3 atom stereocenters. The van der Waals surface area contributed by atoms with Crippen LogP contribution in [0.25, 0.3) is 0 Å². The lowest BCUT2D eigenvalue weighted by molar-refractivity contribution is -0.172. The highest BCUT2D eigenvalue weighted by Gasteiger charge is 2.36. The van der Waals surface area contributed by atoms with Crippen molar-refractivity contribution in [3.05, 3.63) is 12.2 Å². The van der Waals surface area contributed by atoms with E-state index in [1.165, 1.54) is 0 Å². The second kappa shape index (κ2) is 2.90. The monoisotopic (exact) mass is 168 g/mol. The quantitative estimate of drug-likeness (QED) is 0.426. The number of allylic oxidation sites excluding steroid dienone is 1. The van der Waals surface area contributed by atoms with Crippen molar-refractivity contribution in [2.45, 2.75) is 31.5 Å². The van der Waals surface area contributed by atoms with Crippen molar-refractivity contribution < 1.29 is 14.6 Å². The summed E-state index contributed by atoms with van der Waals surface area (Å²) in [6.07, 6.45) is 5.55. The lowest BCUT2D eigenvalue weighted by Gasteiger charge is -2.34. The van der Waals surface area contributed by atoms with Crippen LogP contribution in [0.1, 0.15) is 19.3 Å². The van der Waals surface area contributed by atoms with Gasteiger partial charge < -0.3 is 9.84 Å². The highest BCUT2D eigenvalue weighted by Crippen LogP contribution is 2.30. The van der Waals surface area contributed by atoms with E-state index in [1.54, 1.807) is 0 Å². The molecule has 66 valence electrons. The zero-order valence-corrected chi connectivity index (χ0v) is 6.77. The third-order valence-corrected chi connectivity index (χ3v) is 2.57. The van der Waals surface area contributed by atoms with Crippen molar-refractivity contribution in [3.8, 4) is 0 Å². The largest absolute Gasteiger partial charge is 0.460 e. The zero-order valence-electron chi connectivity index (χ0n) is 6.77. The van der Waals surface area contributed by atoms with E-state index in [0.717, 1.165) is 12.8 Å². The van der Waals surface area contributed by atoms with E-state index < -0.39 is 12.1 Å². The van der Waals surface area contributed by atoms with Crippen LogP contribution in [0, 0.1) is 5.92 Å². The Morgan fingerprint density at radius 1 is 1.42 bits per heavy atom. The van der Waals surface area contributed by atoms with Crippen LogP contribution in [-0.4, -0.2) is 23.3 Å². The molecule has 3 unspecified atom stereocenters. The minimum absolute atomic E-state index is 0.0194. The third kappa shape index (κ3) is 1.25. The van der Waals surface area contributed by atoms with Gasteiger partial charge in [-0.05, 0) is 12.8 Å². The van der Waals surface area contributed by atoms with E-state index in [1.807, 2.05) is 6.08 Å². The van der Waals surface area contributed by atoms with Crippen molar-refractivity contribution in [1.82, 2.24) is 0 Å². The van der Waals surface area contributed by atoms with Crippen LogP contribution in [0.5, 0.6) is 0 Å². The summed E-state index contributed by atoms with van der Waals surface area (Å²) in [5, 5.41) is 9.22. The molecule has 0 spiro atoms. The predicted octanol–water partition coefficient (Wildman–Crippen LogP) is 0.629. The number of ether oxygens (including phenoxy) is 1. The fraction of sp³-hybridized carbons (Fsp3) is 0.667. The molecule has 1 aliphatic carbocycles. The molecule has 3 heteroatoms. The summed E-state index contributed by atoms with van der Waals surface area (Å²) in [6.45, 7) is 0. The zero-order chi connectivity index (χ0) is 8.55. The molecule has 1 saturated heterocycles. The van der Waals surface area contributed by atoms with Gasteiger partial charge in [-0.25, -0.2) is 4.79 Å². The molecule has 0 saturated carbocycles. The second-order valence-electron chi connectivity index (χ2n) is 3.43. The summed E-state index contributed by atoms with van der Waals surface area (Å²) >= 11 is 0. The maximum Gasteiger partial charge on any atom is 0.335 e. The van der Waals surface area contributed by atoms with Crippen LogP contribution in [0.4, 0.5) is 0 Å². The normalized spacial score (nSPS) is 40.4. The molecular formula is C9H12O3. The van der Waals surface area contributed by atoms with Crippen molar-refractivity contribution >= 4 is 5.97 Å². The van der Waals surface area contributed by atoms with Crippen LogP contribution < -0.4 is 0 Å². The fourth-order valence-corrected chi connectivity index (χ4v) is 1.85. The number of carbonyl (C=O) groups is 1. The van der Waals surface area contributed by atoms with Gasteiger partial charge >= 0.3 is 5.97 Å². The molecule has 2 rings (SSSR count). The van der Waals surface area contributed by atoms with Gasteiger partial charge in [-0.2, -0.15) is 0 Å². The minimum Gasteiger partial charge on any atom is -0.460 e. The molecule has 0 radical (unpaired) electrons. The number of carbonyl (C=O) groups excluding carboxylic acids is 1. The number of aliphatic hydroxyl groups is 1. The molecule has 2 aliphatic rings. The first kappa shape index (κ1) is 7.80. The highest BCUT2D eigenvalue weighted by molar-refractivity contribution is 5.75. The van der Waals surface area contributed by atoms with Crippen molar-refractivity contribution in [2.24, 2.45) is 5.92 Å². The molecule has 0 aromatic carbocycles. The van der Waals surface area contributed by atoms with E-state index in [-0.39, 0.29) is 6.10 Å². The van der Waals surface area contributed by atoms with Crippen LogP contribution in [0.15, 0.2) is 12.2 Å². The number of hydrogen-bond acceptors (Lipinski definition) is 3. The lowest BCUT2D eigenvalue weighted by Crippen LogP contribution is -2.41. The van der Waals surface area contributed by atoms with E-state index >= 15 is 0 Å². The van der Waals surface area contributed by atoms with Gasteiger partial charge in [-0.3, -0.25) is 0 Å². The molecule has 1 heterocycles. The topological polar surface area (TPSA) is 46.5 Å². The van der Waals surface area contributed by atoms with Crippen LogP contribution in [-0.2, 0) is 9.53 Å². The van der Waals surface area contributed by atoms with Gasteiger partial charge in [-0.15, -0.1) is 0 Å². The number of esters is 1. The Kier molecular flexibility index (Phi) is 1.89. The SMILES string of the molecule is O=C1OC2CC=CCC2CC1O.